The zero-order valence-corrected chi connectivity index (χ0v) is 39.2. The summed E-state index contributed by atoms with van der Waals surface area (Å²) in [6.45, 7) is 3.15. The quantitative estimate of drug-likeness (QED) is 0.0411. The van der Waals surface area contributed by atoms with Gasteiger partial charge in [-0.2, -0.15) is 0 Å². The summed E-state index contributed by atoms with van der Waals surface area (Å²) < 4.78 is 0. The van der Waals surface area contributed by atoms with Crippen LogP contribution >= 0.6 is 68.5 Å². The van der Waals surface area contributed by atoms with Gasteiger partial charge in [-0.1, -0.05) is 31.7 Å². The van der Waals surface area contributed by atoms with E-state index in [0.29, 0.717) is 55.2 Å². The van der Waals surface area contributed by atoms with Crippen LogP contribution in [0, 0.1) is 0 Å². The number of nitrogens with one attached hydrogen (secondary N) is 2. The minimum absolute atomic E-state index is 0.0802. The molecule has 0 radical (unpaired) electrons. The van der Waals surface area contributed by atoms with Crippen LogP contribution in [0.1, 0.15) is 74.5 Å². The van der Waals surface area contributed by atoms with Crippen molar-refractivity contribution in [3.8, 4) is 19.5 Å². The first-order valence-electron chi connectivity index (χ1n) is 20.5. The third kappa shape index (κ3) is 13.2. The van der Waals surface area contributed by atoms with Crippen LogP contribution in [0.2, 0.25) is 0 Å². The van der Waals surface area contributed by atoms with Gasteiger partial charge in [0, 0.05) is 74.1 Å². The van der Waals surface area contributed by atoms with Crippen molar-refractivity contribution in [1.29, 1.82) is 0 Å². The summed E-state index contributed by atoms with van der Waals surface area (Å²) in [6, 6.07) is 16.4. The summed E-state index contributed by atoms with van der Waals surface area (Å²) >= 11 is 18.1. The largest absolute Gasteiger partial charge is 0.366 e. The van der Waals surface area contributed by atoms with Crippen molar-refractivity contribution >= 4 is 121 Å². The Morgan fingerprint density at radius 3 is 1.90 bits per heavy atom. The van der Waals surface area contributed by atoms with Crippen LogP contribution in [0.3, 0.4) is 0 Å². The molecule has 0 atom stereocenters. The third-order valence-electron chi connectivity index (χ3n) is 9.99. The Morgan fingerprint density at radius 2 is 1.25 bits per heavy atom. The van der Waals surface area contributed by atoms with Gasteiger partial charge >= 0.3 is 0 Å². The predicted molar refractivity (Wildman–Crippen MR) is 257 cm³/mol. The van der Waals surface area contributed by atoms with E-state index < -0.39 is 0 Å². The number of alkyl halides is 2. The maximum atomic E-state index is 13.9. The van der Waals surface area contributed by atoms with Crippen molar-refractivity contribution in [2.24, 2.45) is 9.98 Å². The number of aliphatic imine (C=N–C) groups is 2. The van der Waals surface area contributed by atoms with Gasteiger partial charge in [-0.25, -0.2) is 9.98 Å². The van der Waals surface area contributed by atoms with Crippen molar-refractivity contribution in [2.75, 3.05) is 56.4 Å². The van der Waals surface area contributed by atoms with Gasteiger partial charge in [0.25, 0.3) is 11.8 Å². The first kappa shape index (κ1) is 46.4. The highest BCUT2D eigenvalue weighted by Gasteiger charge is 2.32. The molecule has 6 heterocycles. The van der Waals surface area contributed by atoms with Crippen molar-refractivity contribution in [2.45, 2.75) is 64.7 Å². The van der Waals surface area contributed by atoms with E-state index in [9.17, 15) is 19.2 Å². The fourth-order valence-corrected chi connectivity index (χ4v) is 10.8. The summed E-state index contributed by atoms with van der Waals surface area (Å²) in [4.78, 5) is 73.6. The molecule has 0 unspecified atom stereocenters. The molecule has 4 aromatic rings. The molecule has 0 spiro atoms. The zero-order valence-electron chi connectivity index (χ0n) is 34.4. The number of amides is 4. The number of anilines is 1. The Morgan fingerprint density at radius 1 is 0.689 bits per heavy atom. The molecule has 4 amide bonds. The zero-order chi connectivity index (χ0) is 43.1. The summed E-state index contributed by atoms with van der Waals surface area (Å²) in [6.07, 6.45) is 11.6. The van der Waals surface area contributed by atoms with Crippen LogP contribution in [0.4, 0.5) is 5.00 Å². The summed E-state index contributed by atoms with van der Waals surface area (Å²) in [5.41, 5.74) is 0.582. The van der Waals surface area contributed by atoms with Crippen LogP contribution in [-0.4, -0.2) is 96.6 Å². The summed E-state index contributed by atoms with van der Waals surface area (Å²) in [5, 5.41) is 8.89. The number of hydrogen-bond donors (Lipinski definition) is 2. The van der Waals surface area contributed by atoms with Gasteiger partial charge < -0.3 is 15.5 Å². The maximum Gasteiger partial charge on any atom is 0.278 e. The van der Waals surface area contributed by atoms with Crippen molar-refractivity contribution in [3.63, 3.8) is 0 Å². The Bertz CT molecular complexity index is 2260. The monoisotopic (exact) mass is 939 g/mol. The second-order valence-corrected chi connectivity index (χ2v) is 19.6. The number of carbonyl (C=O) groups is 4. The van der Waals surface area contributed by atoms with Crippen LogP contribution in [0.25, 0.3) is 31.7 Å². The van der Waals surface area contributed by atoms with E-state index in [-0.39, 0.29) is 42.4 Å². The molecule has 0 aliphatic carbocycles. The van der Waals surface area contributed by atoms with Gasteiger partial charge in [-0.05, 0) is 92.6 Å². The molecular formula is C44H51Cl2N7O4S4. The molecular weight excluding hydrogens is 890 g/mol. The fraction of sp³-hybridized carbons (Fsp3) is 0.409. The second kappa shape index (κ2) is 23.4. The van der Waals surface area contributed by atoms with Crippen molar-refractivity contribution < 1.29 is 19.2 Å². The molecule has 6 rings (SSSR count). The SMILES string of the molecule is CC1=N/C(=C/c2ccc(N(C)CCC3=N/C(=C/c4ccc(-c5ccc(-c6cccs6)s5)s4)C(=O)N3CC(=O)NCCCCCCCl)s2)C(=O)N1CC(=O)NCCCCCCCl. The smallest absolute Gasteiger partial charge is 0.278 e. The topological polar surface area (TPSA) is 127 Å². The molecule has 4 aromatic heterocycles. The Labute approximate surface area is 383 Å². The molecule has 17 heteroatoms. The highest BCUT2D eigenvalue weighted by Crippen LogP contribution is 2.40. The Hall–Kier alpha value is -4.12. The lowest BCUT2D eigenvalue weighted by Gasteiger charge is -2.21. The highest BCUT2D eigenvalue weighted by atomic mass is 35.5. The number of halogens is 2. The lowest BCUT2D eigenvalue weighted by Crippen LogP contribution is -2.42. The summed E-state index contributed by atoms with van der Waals surface area (Å²) in [5.74, 6) is 1.24. The van der Waals surface area contributed by atoms with E-state index in [4.69, 9.17) is 28.2 Å². The molecule has 2 aliphatic heterocycles. The molecule has 11 nitrogen and oxygen atoms in total. The van der Waals surface area contributed by atoms with Gasteiger partial charge in [-0.15, -0.1) is 68.5 Å². The molecule has 2 N–H and O–H groups in total. The minimum atomic E-state index is -0.310. The van der Waals surface area contributed by atoms with E-state index in [1.165, 1.54) is 30.9 Å². The molecule has 324 valence electrons. The average Bonchev–Trinajstić information content (AvgIpc) is 4.12. The molecule has 0 saturated carbocycles. The molecule has 0 saturated heterocycles. The van der Waals surface area contributed by atoms with E-state index in [1.54, 1.807) is 47.0 Å². The number of hydrogen-bond acceptors (Lipinski definition) is 11. The van der Waals surface area contributed by atoms with E-state index in [1.807, 2.05) is 31.3 Å². The molecule has 0 fully saturated rings. The lowest BCUT2D eigenvalue weighted by atomic mass is 10.2. The first-order valence-corrected chi connectivity index (χ1v) is 24.9. The van der Waals surface area contributed by atoms with Crippen LogP contribution in [-0.2, 0) is 19.2 Å². The number of amidine groups is 2. The highest BCUT2D eigenvalue weighted by molar-refractivity contribution is 7.26. The molecule has 0 bridgehead atoms. The lowest BCUT2D eigenvalue weighted by molar-refractivity contribution is -0.129. The maximum absolute atomic E-state index is 13.9. The van der Waals surface area contributed by atoms with Gasteiger partial charge in [0.2, 0.25) is 11.8 Å². The molecule has 0 aromatic carbocycles. The summed E-state index contributed by atoms with van der Waals surface area (Å²) in [7, 11) is 1.96. The standard InChI is InChI=1S/C44H51Cl2N7O4S4/c1-30-49-33(43(56)52(30)28-40(54)47-22-9-5-3-7-20-45)27-32-14-18-42(60-32)51(2)24-19-39-50-34(44(57)53(39)29-41(55)48-23-10-6-4-8-21-46)26-31-13-15-37(59-31)38-17-16-36(61-38)35-12-11-25-58-35/h11-18,25-27H,3-10,19-24,28-29H2,1-2H3,(H,47,54)(H,48,55)/b33-27+,34-26+. The molecule has 2 aliphatic rings. The fourth-order valence-electron chi connectivity index (χ4n) is 6.66. The average molecular weight is 941 g/mol. The van der Waals surface area contributed by atoms with Crippen molar-refractivity contribution in [1.82, 2.24) is 20.4 Å². The van der Waals surface area contributed by atoms with E-state index in [0.717, 1.165) is 75.9 Å². The van der Waals surface area contributed by atoms with Crippen LogP contribution < -0.4 is 15.5 Å². The first-order chi connectivity index (χ1) is 29.6. The minimum Gasteiger partial charge on any atom is -0.366 e. The van der Waals surface area contributed by atoms with Crippen LogP contribution in [0.5, 0.6) is 0 Å². The Balaban J connectivity index is 1.08. The number of rotatable bonds is 24. The number of carbonyl (C=O) groups excluding carboxylic acids is 4. The van der Waals surface area contributed by atoms with Gasteiger partial charge in [0.15, 0.2) is 0 Å². The second-order valence-electron chi connectivity index (χ2n) is 14.6. The number of thiophene rings is 4. The van der Waals surface area contributed by atoms with E-state index in [2.05, 4.69) is 56.2 Å². The Kier molecular flexibility index (Phi) is 17.8. The predicted octanol–water partition coefficient (Wildman–Crippen LogP) is 9.81. The van der Waals surface area contributed by atoms with Crippen molar-refractivity contribution in [3.05, 3.63) is 75.1 Å². The van der Waals surface area contributed by atoms with Gasteiger partial charge in [-0.3, -0.25) is 29.0 Å². The van der Waals surface area contributed by atoms with E-state index >= 15 is 0 Å². The molecule has 61 heavy (non-hydrogen) atoms. The van der Waals surface area contributed by atoms with Gasteiger partial charge in [0.05, 0.1) is 5.00 Å². The normalized spacial score (nSPS) is 15.3. The number of unbranched alkanes of at least 4 members (excludes halogenated alkanes) is 6. The number of nitrogens with zero attached hydrogens (tertiary/aromatic N) is 5. The third-order valence-corrected chi connectivity index (χ3v) is 15.0. The van der Waals surface area contributed by atoms with Crippen LogP contribution in [0.15, 0.2) is 75.3 Å². The van der Waals surface area contributed by atoms with Gasteiger partial charge in [0.1, 0.15) is 36.2 Å².